The minimum atomic E-state index is -2.99. The molecule has 1 atom stereocenters. The van der Waals surface area contributed by atoms with Crippen LogP contribution >= 0.6 is 7.44 Å². The topological polar surface area (TPSA) is 40.6 Å². The molecule has 26 heavy (non-hydrogen) atoms. The fourth-order valence-corrected chi connectivity index (χ4v) is 7.63. The third kappa shape index (κ3) is 3.57. The molecule has 0 N–H and O–H groups in total. The lowest BCUT2D eigenvalue weighted by atomic mass is 10.2. The van der Waals surface area contributed by atoms with E-state index in [9.17, 15) is 9.36 Å². The summed E-state index contributed by atoms with van der Waals surface area (Å²) >= 11 is 0. The number of nitrogens with zero attached hydrogens (tertiary/aromatic N) is 2. The van der Waals surface area contributed by atoms with Crippen LogP contribution in [0.15, 0.2) is 60.7 Å². The fraction of sp³-hybridized carbons (Fsp3) is 0.381. The highest BCUT2D eigenvalue weighted by atomic mass is 31.2. The number of anilines is 2. The number of aldehydes is 1. The summed E-state index contributed by atoms with van der Waals surface area (Å²) in [6.45, 7) is 3.60. The van der Waals surface area contributed by atoms with Gasteiger partial charge in [0.1, 0.15) is 6.29 Å². The Kier molecular flexibility index (Phi) is 6.16. The molecule has 1 unspecified atom stereocenters. The molecule has 1 saturated heterocycles. The largest absolute Gasteiger partial charge is 0.306 e. The van der Waals surface area contributed by atoms with E-state index in [1.54, 1.807) is 0 Å². The molecular formula is C21H27N2O2P. The number of hydrogen-bond donors (Lipinski definition) is 0. The second-order valence-electron chi connectivity index (χ2n) is 6.70. The van der Waals surface area contributed by atoms with Crippen molar-refractivity contribution < 1.29 is 9.36 Å². The quantitative estimate of drug-likeness (QED) is 0.486. The van der Waals surface area contributed by atoms with Crippen LogP contribution in [0.3, 0.4) is 0 Å². The zero-order valence-electron chi connectivity index (χ0n) is 15.3. The molecule has 0 aromatic heterocycles. The summed E-state index contributed by atoms with van der Waals surface area (Å²) in [5.74, 6) is 0. The molecule has 0 aliphatic carbocycles. The summed E-state index contributed by atoms with van der Waals surface area (Å²) in [6, 6.07) is 20.0. The van der Waals surface area contributed by atoms with Crippen molar-refractivity contribution in [1.82, 2.24) is 0 Å². The minimum absolute atomic E-state index is 0.161. The van der Waals surface area contributed by atoms with E-state index in [0.717, 1.165) is 50.0 Å². The highest BCUT2D eigenvalue weighted by Crippen LogP contribution is 2.63. The Morgan fingerprint density at radius 2 is 1.46 bits per heavy atom. The molecule has 2 aromatic rings. The van der Waals surface area contributed by atoms with Gasteiger partial charge in [-0.2, -0.15) is 0 Å². The number of benzene rings is 2. The molecule has 1 heterocycles. The van der Waals surface area contributed by atoms with Crippen LogP contribution in [-0.4, -0.2) is 25.0 Å². The molecule has 4 nitrogen and oxygen atoms in total. The van der Waals surface area contributed by atoms with Crippen LogP contribution in [0.1, 0.15) is 32.6 Å². The highest BCUT2D eigenvalue weighted by molar-refractivity contribution is 7.68. The van der Waals surface area contributed by atoms with Crippen molar-refractivity contribution in [3.8, 4) is 0 Å². The van der Waals surface area contributed by atoms with Gasteiger partial charge in [0, 0.05) is 30.9 Å². The Balaban J connectivity index is 2.11. The van der Waals surface area contributed by atoms with Crippen molar-refractivity contribution in [3.05, 3.63) is 60.7 Å². The monoisotopic (exact) mass is 370 g/mol. The first-order valence-electron chi connectivity index (χ1n) is 9.41. The number of carbonyl (C=O) groups excluding carboxylic acids is 1. The van der Waals surface area contributed by atoms with Crippen molar-refractivity contribution in [2.24, 2.45) is 0 Å². The van der Waals surface area contributed by atoms with E-state index in [4.69, 9.17) is 0 Å². The SMILES string of the molecule is CCCC(CC=O)P1(=O)N(c2ccccc2)CCCN1c1ccccc1. The fourth-order valence-electron chi connectivity index (χ4n) is 3.84. The van der Waals surface area contributed by atoms with E-state index in [2.05, 4.69) is 16.3 Å². The molecule has 5 heteroatoms. The van der Waals surface area contributed by atoms with Gasteiger partial charge in [0.2, 0.25) is 0 Å². The molecule has 0 saturated carbocycles. The maximum absolute atomic E-state index is 14.7. The first kappa shape index (κ1) is 18.7. The van der Waals surface area contributed by atoms with Crippen LogP contribution in [0.4, 0.5) is 11.4 Å². The zero-order chi connectivity index (χ0) is 18.4. The molecule has 0 radical (unpaired) electrons. The Bertz CT molecular complexity index is 700. The third-order valence-corrected chi connectivity index (χ3v) is 8.67. The van der Waals surface area contributed by atoms with Crippen LogP contribution in [0.2, 0.25) is 0 Å². The van der Waals surface area contributed by atoms with E-state index in [1.807, 2.05) is 60.7 Å². The van der Waals surface area contributed by atoms with Crippen LogP contribution in [0.5, 0.6) is 0 Å². The van der Waals surface area contributed by atoms with Crippen molar-refractivity contribution in [2.45, 2.75) is 38.3 Å². The average molecular weight is 370 g/mol. The van der Waals surface area contributed by atoms with Gasteiger partial charge >= 0.3 is 0 Å². The summed E-state index contributed by atoms with van der Waals surface area (Å²) < 4.78 is 18.8. The van der Waals surface area contributed by atoms with Crippen molar-refractivity contribution in [1.29, 1.82) is 0 Å². The molecule has 2 aromatic carbocycles. The van der Waals surface area contributed by atoms with Gasteiger partial charge in [0.25, 0.3) is 7.44 Å². The summed E-state index contributed by atoms with van der Waals surface area (Å²) in [5.41, 5.74) is 1.79. The van der Waals surface area contributed by atoms with Crippen molar-refractivity contribution >= 4 is 25.1 Å². The second kappa shape index (κ2) is 8.55. The number of para-hydroxylation sites is 2. The standard InChI is InChI=1S/C21H27N2O2P/c1-2-10-21(15-18-24)26(25)22(19-11-5-3-6-12-19)16-9-17-23(26)20-13-7-4-8-14-20/h3-8,11-14,18,21H,2,9-10,15-17H2,1H3. The van der Waals surface area contributed by atoms with Gasteiger partial charge in [-0.3, -0.25) is 4.57 Å². The Morgan fingerprint density at radius 1 is 0.962 bits per heavy atom. The van der Waals surface area contributed by atoms with Gasteiger partial charge in [0.15, 0.2) is 0 Å². The van der Waals surface area contributed by atoms with Crippen LogP contribution in [0.25, 0.3) is 0 Å². The molecule has 0 spiro atoms. The highest BCUT2D eigenvalue weighted by Gasteiger charge is 2.46. The van der Waals surface area contributed by atoms with Crippen molar-refractivity contribution in [2.75, 3.05) is 22.4 Å². The van der Waals surface area contributed by atoms with Gasteiger partial charge in [-0.25, -0.2) is 0 Å². The van der Waals surface area contributed by atoms with Gasteiger partial charge in [-0.15, -0.1) is 0 Å². The maximum atomic E-state index is 14.7. The van der Waals surface area contributed by atoms with Crippen LogP contribution < -0.4 is 9.34 Å². The Morgan fingerprint density at radius 3 is 1.88 bits per heavy atom. The molecular weight excluding hydrogens is 343 g/mol. The predicted molar refractivity (Wildman–Crippen MR) is 109 cm³/mol. The molecule has 3 rings (SSSR count). The van der Waals surface area contributed by atoms with Crippen LogP contribution in [0, 0.1) is 0 Å². The molecule has 1 fully saturated rings. The van der Waals surface area contributed by atoms with Gasteiger partial charge in [-0.1, -0.05) is 49.7 Å². The summed E-state index contributed by atoms with van der Waals surface area (Å²) in [6.07, 6.45) is 3.89. The normalized spacial score (nSPS) is 17.7. The van der Waals surface area contributed by atoms with E-state index < -0.39 is 7.44 Å². The van der Waals surface area contributed by atoms with Gasteiger partial charge in [0.05, 0.1) is 5.66 Å². The lowest BCUT2D eigenvalue weighted by Crippen LogP contribution is -2.43. The molecule has 0 amide bonds. The average Bonchev–Trinajstić information content (AvgIpc) is 2.69. The van der Waals surface area contributed by atoms with E-state index in [0.29, 0.717) is 6.42 Å². The Labute approximate surface area is 156 Å². The molecule has 138 valence electrons. The van der Waals surface area contributed by atoms with Gasteiger partial charge in [-0.05, 0) is 37.1 Å². The first-order valence-corrected chi connectivity index (χ1v) is 11.1. The van der Waals surface area contributed by atoms with E-state index in [1.165, 1.54) is 0 Å². The van der Waals surface area contributed by atoms with E-state index in [-0.39, 0.29) is 5.66 Å². The molecule has 1 aliphatic rings. The maximum Gasteiger partial charge on any atom is 0.266 e. The number of rotatable bonds is 7. The van der Waals surface area contributed by atoms with Gasteiger partial charge < -0.3 is 14.1 Å². The minimum Gasteiger partial charge on any atom is -0.306 e. The van der Waals surface area contributed by atoms with Crippen molar-refractivity contribution in [3.63, 3.8) is 0 Å². The lowest BCUT2D eigenvalue weighted by molar-refractivity contribution is -0.107. The summed E-state index contributed by atoms with van der Waals surface area (Å²) in [4.78, 5) is 11.4. The summed E-state index contributed by atoms with van der Waals surface area (Å²) in [5, 5.41) is 0. The number of hydrogen-bond acceptors (Lipinski definition) is 2. The first-order chi connectivity index (χ1) is 12.7. The molecule has 0 bridgehead atoms. The third-order valence-electron chi connectivity index (χ3n) is 5.01. The Hall–Kier alpha value is -2.06. The predicted octanol–water partition coefficient (Wildman–Crippen LogP) is 5.35. The zero-order valence-corrected chi connectivity index (χ0v) is 16.2. The molecule has 1 aliphatic heterocycles. The summed E-state index contributed by atoms with van der Waals surface area (Å²) in [7, 11) is -2.99. The lowest BCUT2D eigenvalue weighted by Gasteiger charge is -2.48. The number of carbonyl (C=O) groups is 1. The van der Waals surface area contributed by atoms with Crippen LogP contribution in [-0.2, 0) is 9.36 Å². The van der Waals surface area contributed by atoms with E-state index >= 15 is 0 Å². The second-order valence-corrected chi connectivity index (χ2v) is 9.58. The smallest absolute Gasteiger partial charge is 0.266 e.